The van der Waals surface area contributed by atoms with Crippen LogP contribution in [-0.2, 0) is 6.61 Å². The molecule has 1 N–H and O–H groups in total. The fraction of sp³-hybridized carbons (Fsp3) is 0.188. The molecule has 2 rings (SSSR count). The van der Waals surface area contributed by atoms with Crippen LogP contribution < -0.4 is 4.74 Å². The fourth-order valence-corrected chi connectivity index (χ4v) is 2.12. The number of oxime groups is 1. The zero-order valence-corrected chi connectivity index (χ0v) is 12.5. The highest BCUT2D eigenvalue weighted by atomic mass is 35.5. The van der Waals surface area contributed by atoms with Crippen LogP contribution in [0.25, 0.3) is 0 Å². The Balaban J connectivity index is 2.24. The van der Waals surface area contributed by atoms with Crippen LogP contribution >= 0.6 is 11.6 Å². The van der Waals surface area contributed by atoms with Gasteiger partial charge in [0.2, 0.25) is 0 Å². The van der Waals surface area contributed by atoms with Gasteiger partial charge in [-0.25, -0.2) is 4.39 Å². The van der Waals surface area contributed by atoms with Gasteiger partial charge in [0.25, 0.3) is 0 Å². The van der Waals surface area contributed by atoms with Crippen LogP contribution in [0, 0.1) is 12.7 Å². The zero-order chi connectivity index (χ0) is 15.4. The maximum absolute atomic E-state index is 13.0. The number of hydrogen-bond acceptors (Lipinski definition) is 3. The normalized spacial score (nSPS) is 11.5. The van der Waals surface area contributed by atoms with E-state index in [1.807, 2.05) is 19.1 Å². The summed E-state index contributed by atoms with van der Waals surface area (Å²) >= 11 is 5.97. The van der Waals surface area contributed by atoms with Crippen LogP contribution in [0.1, 0.15) is 23.6 Å². The first-order valence-electron chi connectivity index (χ1n) is 6.37. The summed E-state index contributed by atoms with van der Waals surface area (Å²) in [5.74, 6) is 0.194. The van der Waals surface area contributed by atoms with Gasteiger partial charge in [-0.1, -0.05) is 34.5 Å². The third-order valence-electron chi connectivity index (χ3n) is 3.07. The number of aryl methyl sites for hydroxylation is 1. The monoisotopic (exact) mass is 307 g/mol. The van der Waals surface area contributed by atoms with Crippen LogP contribution in [0.2, 0.25) is 5.02 Å². The second-order valence-corrected chi connectivity index (χ2v) is 5.12. The van der Waals surface area contributed by atoms with E-state index in [2.05, 4.69) is 5.16 Å². The number of nitrogens with zero attached hydrogens (tertiary/aromatic N) is 1. The molecule has 0 aromatic heterocycles. The molecule has 0 heterocycles. The Bertz CT molecular complexity index is 686. The Hall–Kier alpha value is -2.07. The fourth-order valence-electron chi connectivity index (χ4n) is 1.90. The molecule has 2 aromatic rings. The van der Waals surface area contributed by atoms with Gasteiger partial charge in [-0.05, 0) is 38.1 Å². The molecule has 0 amide bonds. The summed E-state index contributed by atoms with van der Waals surface area (Å²) in [5, 5.41) is 12.5. The van der Waals surface area contributed by atoms with E-state index in [1.54, 1.807) is 19.1 Å². The molecule has 0 fully saturated rings. The van der Waals surface area contributed by atoms with Crippen LogP contribution in [0.3, 0.4) is 0 Å². The van der Waals surface area contributed by atoms with E-state index < -0.39 is 0 Å². The molecule has 0 bridgehead atoms. The smallest absolute Gasteiger partial charge is 0.128 e. The van der Waals surface area contributed by atoms with Crippen LogP contribution in [0.4, 0.5) is 4.39 Å². The molecule has 110 valence electrons. The number of halogens is 2. The molecule has 0 unspecified atom stereocenters. The Morgan fingerprint density at radius 1 is 1.29 bits per heavy atom. The van der Waals surface area contributed by atoms with E-state index >= 15 is 0 Å². The highest BCUT2D eigenvalue weighted by molar-refractivity contribution is 6.31. The molecule has 3 nitrogen and oxygen atoms in total. The maximum atomic E-state index is 13.0. The van der Waals surface area contributed by atoms with Crippen molar-refractivity contribution in [2.45, 2.75) is 20.5 Å². The van der Waals surface area contributed by atoms with Crippen molar-refractivity contribution in [3.8, 4) is 5.75 Å². The third kappa shape index (κ3) is 3.73. The van der Waals surface area contributed by atoms with Crippen LogP contribution in [0.15, 0.2) is 41.6 Å². The van der Waals surface area contributed by atoms with Crippen LogP contribution in [0.5, 0.6) is 5.75 Å². The molecule has 0 radical (unpaired) electrons. The maximum Gasteiger partial charge on any atom is 0.128 e. The highest BCUT2D eigenvalue weighted by Crippen LogP contribution is 2.24. The number of ether oxygens (including phenoxy) is 1. The molecule has 0 aliphatic rings. The van der Waals surface area contributed by atoms with Gasteiger partial charge in [0.15, 0.2) is 0 Å². The summed E-state index contributed by atoms with van der Waals surface area (Å²) in [6, 6.07) is 9.74. The Labute approximate surface area is 127 Å². The molecule has 2 aromatic carbocycles. The predicted molar refractivity (Wildman–Crippen MR) is 80.9 cm³/mol. The lowest BCUT2D eigenvalue weighted by molar-refractivity contribution is 0.303. The molecule has 0 spiro atoms. The molecular formula is C16H15ClFNO2. The first-order valence-corrected chi connectivity index (χ1v) is 6.75. The molecule has 21 heavy (non-hydrogen) atoms. The van der Waals surface area contributed by atoms with E-state index in [0.717, 1.165) is 5.56 Å². The summed E-state index contributed by atoms with van der Waals surface area (Å²) in [5.41, 5.74) is 2.87. The van der Waals surface area contributed by atoms with Gasteiger partial charge < -0.3 is 9.94 Å². The summed E-state index contributed by atoms with van der Waals surface area (Å²) in [4.78, 5) is 0. The van der Waals surface area contributed by atoms with Crippen molar-refractivity contribution in [3.63, 3.8) is 0 Å². The van der Waals surface area contributed by atoms with Crippen molar-refractivity contribution in [1.29, 1.82) is 0 Å². The van der Waals surface area contributed by atoms with E-state index in [9.17, 15) is 4.39 Å². The molecule has 5 heteroatoms. The van der Waals surface area contributed by atoms with Crippen molar-refractivity contribution in [2.24, 2.45) is 5.16 Å². The van der Waals surface area contributed by atoms with Gasteiger partial charge in [-0.3, -0.25) is 0 Å². The quantitative estimate of drug-likeness (QED) is 0.511. The van der Waals surface area contributed by atoms with Gasteiger partial charge in [0.05, 0.1) is 10.7 Å². The van der Waals surface area contributed by atoms with Gasteiger partial charge in [0, 0.05) is 11.1 Å². The van der Waals surface area contributed by atoms with E-state index in [1.165, 1.54) is 12.1 Å². The number of benzene rings is 2. The highest BCUT2D eigenvalue weighted by Gasteiger charge is 2.09. The Kier molecular flexibility index (Phi) is 4.81. The minimum atomic E-state index is -0.386. The van der Waals surface area contributed by atoms with Crippen molar-refractivity contribution in [2.75, 3.05) is 0 Å². The van der Waals surface area contributed by atoms with Gasteiger partial charge in [0.1, 0.15) is 18.2 Å². The SMILES string of the molecule is C/C(=N\O)c1cc(C)ccc1OCc1ccc(F)cc1Cl. The van der Waals surface area contributed by atoms with Gasteiger partial charge in [-0.15, -0.1) is 0 Å². The second-order valence-electron chi connectivity index (χ2n) is 4.71. The lowest BCUT2D eigenvalue weighted by Gasteiger charge is -2.12. The van der Waals surface area contributed by atoms with Crippen molar-refractivity contribution in [1.82, 2.24) is 0 Å². The molecule has 0 aliphatic carbocycles. The Morgan fingerprint density at radius 2 is 2.05 bits per heavy atom. The largest absolute Gasteiger partial charge is 0.488 e. The van der Waals surface area contributed by atoms with Gasteiger partial charge >= 0.3 is 0 Å². The molecule has 0 atom stereocenters. The van der Waals surface area contributed by atoms with Gasteiger partial charge in [-0.2, -0.15) is 0 Å². The van der Waals surface area contributed by atoms with E-state index in [4.69, 9.17) is 21.5 Å². The average molecular weight is 308 g/mol. The van der Waals surface area contributed by atoms with Crippen molar-refractivity contribution >= 4 is 17.3 Å². The number of hydrogen-bond donors (Lipinski definition) is 1. The molecule has 0 saturated carbocycles. The lowest BCUT2D eigenvalue weighted by atomic mass is 10.1. The first-order chi connectivity index (χ1) is 10.0. The zero-order valence-electron chi connectivity index (χ0n) is 11.7. The van der Waals surface area contributed by atoms with Crippen molar-refractivity contribution in [3.05, 3.63) is 63.9 Å². The summed E-state index contributed by atoms with van der Waals surface area (Å²) < 4.78 is 18.7. The second kappa shape index (κ2) is 6.59. The van der Waals surface area contributed by atoms with Crippen LogP contribution in [-0.4, -0.2) is 10.9 Å². The molecular weight excluding hydrogens is 293 g/mol. The van der Waals surface area contributed by atoms with E-state index in [0.29, 0.717) is 27.6 Å². The topological polar surface area (TPSA) is 41.8 Å². The van der Waals surface area contributed by atoms with Crippen molar-refractivity contribution < 1.29 is 14.3 Å². The van der Waals surface area contributed by atoms with E-state index in [-0.39, 0.29) is 12.4 Å². The summed E-state index contributed by atoms with van der Waals surface area (Å²) in [7, 11) is 0. The minimum absolute atomic E-state index is 0.202. The number of rotatable bonds is 4. The lowest BCUT2D eigenvalue weighted by Crippen LogP contribution is -2.03. The molecule has 0 saturated heterocycles. The first kappa shape index (κ1) is 15.3. The predicted octanol–water partition coefficient (Wildman–Crippen LogP) is 4.56. The third-order valence-corrected chi connectivity index (χ3v) is 3.42. The Morgan fingerprint density at radius 3 is 2.71 bits per heavy atom. The minimum Gasteiger partial charge on any atom is -0.488 e. The summed E-state index contributed by atoms with van der Waals surface area (Å²) in [6.07, 6.45) is 0. The summed E-state index contributed by atoms with van der Waals surface area (Å²) in [6.45, 7) is 3.83. The standard InChI is InChI=1S/C16H15ClFNO2/c1-10-3-6-16(14(7-10)11(2)19-20)21-9-12-4-5-13(18)8-15(12)17/h3-8,20H,9H2,1-2H3/b19-11+. The average Bonchev–Trinajstić information content (AvgIpc) is 2.46. The molecule has 0 aliphatic heterocycles.